The van der Waals surface area contributed by atoms with Crippen molar-refractivity contribution in [3.05, 3.63) is 82.7 Å². The molecule has 2 heterocycles. The number of rotatable bonds is 6. The fourth-order valence-electron chi connectivity index (χ4n) is 3.90. The predicted molar refractivity (Wildman–Crippen MR) is 116 cm³/mol. The van der Waals surface area contributed by atoms with Gasteiger partial charge in [-0.3, -0.25) is 9.48 Å². The van der Waals surface area contributed by atoms with Crippen molar-refractivity contribution in [2.24, 2.45) is 0 Å². The summed E-state index contributed by atoms with van der Waals surface area (Å²) in [6.07, 6.45) is 2.55. The molecular formula is C24H28N4O. The lowest BCUT2D eigenvalue weighted by Crippen LogP contribution is -2.23. The number of carbonyl (C=O) groups is 1. The molecule has 0 spiro atoms. The minimum Gasteiger partial charge on any atom is -0.372 e. The maximum Gasteiger partial charge on any atom is 0.251 e. The Morgan fingerprint density at radius 1 is 1.00 bits per heavy atom. The third-order valence-corrected chi connectivity index (χ3v) is 5.49. The minimum atomic E-state index is -0.0520. The maximum atomic E-state index is 12.6. The van der Waals surface area contributed by atoms with Crippen LogP contribution in [0.5, 0.6) is 0 Å². The zero-order valence-electron chi connectivity index (χ0n) is 17.2. The van der Waals surface area contributed by atoms with Crippen LogP contribution >= 0.6 is 0 Å². The van der Waals surface area contributed by atoms with Gasteiger partial charge in [0.15, 0.2) is 0 Å². The van der Waals surface area contributed by atoms with Gasteiger partial charge >= 0.3 is 0 Å². The van der Waals surface area contributed by atoms with Crippen LogP contribution in [0, 0.1) is 13.8 Å². The van der Waals surface area contributed by atoms with Crippen molar-refractivity contribution < 1.29 is 4.79 Å². The molecule has 2 aromatic carbocycles. The molecule has 1 aliphatic rings. The number of anilines is 1. The van der Waals surface area contributed by atoms with Crippen molar-refractivity contribution in [3.8, 4) is 0 Å². The Morgan fingerprint density at radius 3 is 2.45 bits per heavy atom. The van der Waals surface area contributed by atoms with Gasteiger partial charge in [-0.2, -0.15) is 5.10 Å². The van der Waals surface area contributed by atoms with Gasteiger partial charge in [-0.05, 0) is 68.1 Å². The van der Waals surface area contributed by atoms with Crippen molar-refractivity contribution >= 4 is 11.6 Å². The molecule has 0 radical (unpaired) electrons. The first kappa shape index (κ1) is 19.2. The summed E-state index contributed by atoms with van der Waals surface area (Å²) in [6, 6.07) is 18.3. The standard InChI is InChI=1S/C24H28N4O/c1-18-14-19(2)28(26-18)17-21-6-5-7-22(15-21)24(29)25-16-20-8-10-23(11-9-20)27-12-3-4-13-27/h5-11,14-15H,3-4,12-13,16-17H2,1-2H3,(H,25,29). The van der Waals surface area contributed by atoms with E-state index in [2.05, 4.69) is 45.6 Å². The molecule has 5 heteroatoms. The normalized spacial score (nSPS) is 13.7. The molecule has 1 aromatic heterocycles. The number of aromatic nitrogens is 2. The van der Waals surface area contributed by atoms with Crippen LogP contribution in [0.2, 0.25) is 0 Å². The lowest BCUT2D eigenvalue weighted by molar-refractivity contribution is 0.0951. The number of nitrogens with zero attached hydrogens (tertiary/aromatic N) is 3. The number of hydrogen-bond acceptors (Lipinski definition) is 3. The van der Waals surface area contributed by atoms with Gasteiger partial charge in [0.2, 0.25) is 0 Å². The lowest BCUT2D eigenvalue weighted by atomic mass is 10.1. The van der Waals surface area contributed by atoms with Crippen LogP contribution in [-0.2, 0) is 13.1 Å². The van der Waals surface area contributed by atoms with Crippen LogP contribution in [-0.4, -0.2) is 28.8 Å². The maximum absolute atomic E-state index is 12.6. The van der Waals surface area contributed by atoms with E-state index in [0.717, 1.165) is 35.6 Å². The van der Waals surface area contributed by atoms with Crippen LogP contribution in [0.3, 0.4) is 0 Å². The number of hydrogen-bond donors (Lipinski definition) is 1. The number of carbonyl (C=O) groups excluding carboxylic acids is 1. The molecular weight excluding hydrogens is 360 g/mol. The number of nitrogens with one attached hydrogen (secondary N) is 1. The highest BCUT2D eigenvalue weighted by atomic mass is 16.1. The van der Waals surface area contributed by atoms with Gasteiger partial charge in [-0.1, -0.05) is 24.3 Å². The number of benzene rings is 2. The smallest absolute Gasteiger partial charge is 0.251 e. The van der Waals surface area contributed by atoms with Crippen LogP contribution in [0.15, 0.2) is 54.6 Å². The predicted octanol–water partition coefficient (Wildman–Crippen LogP) is 4.08. The largest absolute Gasteiger partial charge is 0.372 e. The van der Waals surface area contributed by atoms with E-state index in [1.54, 1.807) is 0 Å². The van der Waals surface area contributed by atoms with Crippen molar-refractivity contribution in [1.29, 1.82) is 0 Å². The highest BCUT2D eigenvalue weighted by Crippen LogP contribution is 2.20. The molecule has 0 bridgehead atoms. The molecule has 1 amide bonds. The quantitative estimate of drug-likeness (QED) is 0.692. The topological polar surface area (TPSA) is 50.2 Å². The Kier molecular flexibility index (Phi) is 5.65. The van der Waals surface area contributed by atoms with E-state index in [1.165, 1.54) is 18.5 Å². The Balaban J connectivity index is 1.36. The summed E-state index contributed by atoms with van der Waals surface area (Å²) in [6.45, 7) is 7.52. The Bertz CT molecular complexity index is 984. The summed E-state index contributed by atoms with van der Waals surface area (Å²) in [5.74, 6) is -0.0520. The van der Waals surface area contributed by atoms with Crippen LogP contribution in [0.4, 0.5) is 5.69 Å². The van der Waals surface area contributed by atoms with Crippen molar-refractivity contribution in [2.45, 2.75) is 39.8 Å². The SMILES string of the molecule is Cc1cc(C)n(Cc2cccc(C(=O)NCc3ccc(N4CCCC4)cc3)c2)n1. The van der Waals surface area contributed by atoms with Crippen LogP contribution < -0.4 is 10.2 Å². The van der Waals surface area contributed by atoms with Gasteiger partial charge < -0.3 is 10.2 Å². The molecule has 1 fully saturated rings. The van der Waals surface area contributed by atoms with E-state index in [0.29, 0.717) is 18.7 Å². The second-order valence-electron chi connectivity index (χ2n) is 7.83. The summed E-state index contributed by atoms with van der Waals surface area (Å²) in [4.78, 5) is 15.0. The Hall–Kier alpha value is -3.08. The number of amides is 1. The molecule has 150 valence electrons. The molecule has 4 rings (SSSR count). The van der Waals surface area contributed by atoms with Crippen molar-refractivity contribution in [3.63, 3.8) is 0 Å². The molecule has 5 nitrogen and oxygen atoms in total. The zero-order valence-corrected chi connectivity index (χ0v) is 17.2. The van der Waals surface area contributed by atoms with Crippen molar-refractivity contribution in [1.82, 2.24) is 15.1 Å². The zero-order chi connectivity index (χ0) is 20.2. The summed E-state index contributed by atoms with van der Waals surface area (Å²) in [5, 5.41) is 7.54. The van der Waals surface area contributed by atoms with Crippen molar-refractivity contribution in [2.75, 3.05) is 18.0 Å². The van der Waals surface area contributed by atoms with Crippen LogP contribution in [0.1, 0.15) is 45.7 Å². The molecule has 0 atom stereocenters. The first-order valence-electron chi connectivity index (χ1n) is 10.3. The van der Waals surface area contributed by atoms with Gasteiger partial charge in [0.25, 0.3) is 5.91 Å². The molecule has 1 aliphatic heterocycles. The minimum absolute atomic E-state index is 0.0520. The van der Waals surface area contributed by atoms with Gasteiger partial charge in [0.05, 0.1) is 12.2 Å². The molecule has 3 aromatic rings. The summed E-state index contributed by atoms with van der Waals surface area (Å²) in [5.41, 5.74) is 6.26. The number of aryl methyl sites for hydroxylation is 2. The van der Waals surface area contributed by atoms with E-state index >= 15 is 0 Å². The van der Waals surface area contributed by atoms with E-state index in [1.807, 2.05) is 42.8 Å². The van der Waals surface area contributed by atoms with E-state index < -0.39 is 0 Å². The molecule has 0 aliphatic carbocycles. The molecule has 0 unspecified atom stereocenters. The van der Waals surface area contributed by atoms with Gasteiger partial charge in [-0.15, -0.1) is 0 Å². The highest BCUT2D eigenvalue weighted by Gasteiger charge is 2.12. The molecule has 29 heavy (non-hydrogen) atoms. The Labute approximate surface area is 172 Å². The van der Waals surface area contributed by atoms with Gasteiger partial charge in [0, 0.05) is 36.6 Å². The molecule has 1 saturated heterocycles. The molecule has 1 N–H and O–H groups in total. The fraction of sp³-hybridized carbons (Fsp3) is 0.333. The van der Waals surface area contributed by atoms with E-state index in [9.17, 15) is 4.79 Å². The first-order valence-corrected chi connectivity index (χ1v) is 10.3. The highest BCUT2D eigenvalue weighted by molar-refractivity contribution is 5.94. The second-order valence-corrected chi connectivity index (χ2v) is 7.83. The lowest BCUT2D eigenvalue weighted by Gasteiger charge is -2.17. The third-order valence-electron chi connectivity index (χ3n) is 5.49. The summed E-state index contributed by atoms with van der Waals surface area (Å²) < 4.78 is 1.97. The third kappa shape index (κ3) is 4.67. The average Bonchev–Trinajstić information content (AvgIpc) is 3.37. The van der Waals surface area contributed by atoms with Crippen LogP contribution in [0.25, 0.3) is 0 Å². The first-order chi connectivity index (χ1) is 14.1. The average molecular weight is 389 g/mol. The Morgan fingerprint density at radius 2 is 1.76 bits per heavy atom. The summed E-state index contributed by atoms with van der Waals surface area (Å²) >= 11 is 0. The molecule has 0 saturated carbocycles. The van der Waals surface area contributed by atoms with E-state index in [4.69, 9.17) is 0 Å². The van der Waals surface area contributed by atoms with Gasteiger partial charge in [0.1, 0.15) is 0 Å². The van der Waals surface area contributed by atoms with E-state index in [-0.39, 0.29) is 5.91 Å². The van der Waals surface area contributed by atoms with Gasteiger partial charge in [-0.25, -0.2) is 0 Å². The second kappa shape index (κ2) is 8.52. The fourth-order valence-corrected chi connectivity index (χ4v) is 3.90. The monoisotopic (exact) mass is 388 g/mol. The summed E-state index contributed by atoms with van der Waals surface area (Å²) in [7, 11) is 0.